The number of amides is 2. The minimum atomic E-state index is -1.11. The number of anilines is 1. The number of carbonyl (C=O) groups excluding carboxylic acids is 1. The minimum absolute atomic E-state index is 0.00844. The number of urea groups is 1. The molecule has 162 valence electrons. The fraction of sp³-hybridized carbons (Fsp3) is 0.0909. The van der Waals surface area contributed by atoms with Crippen molar-refractivity contribution in [3.8, 4) is 22.4 Å². The molecule has 0 aliphatic rings. The molecule has 7 nitrogen and oxygen atoms in total. The molecule has 0 aliphatic carbocycles. The van der Waals surface area contributed by atoms with E-state index in [-0.39, 0.29) is 27.5 Å². The van der Waals surface area contributed by atoms with Crippen molar-refractivity contribution in [3.63, 3.8) is 0 Å². The molecule has 0 saturated carbocycles. The second kappa shape index (κ2) is 8.67. The van der Waals surface area contributed by atoms with Crippen LogP contribution >= 0.6 is 11.3 Å². The van der Waals surface area contributed by atoms with Crippen molar-refractivity contribution in [3.05, 3.63) is 65.9 Å². The van der Waals surface area contributed by atoms with E-state index in [1.165, 1.54) is 48.7 Å². The fourth-order valence-electron chi connectivity index (χ4n) is 3.17. The van der Waals surface area contributed by atoms with Gasteiger partial charge in [0.15, 0.2) is 10.9 Å². The van der Waals surface area contributed by atoms with Gasteiger partial charge in [-0.05, 0) is 42.8 Å². The number of rotatable bonds is 5. The van der Waals surface area contributed by atoms with Gasteiger partial charge in [-0.25, -0.2) is 23.4 Å². The summed E-state index contributed by atoms with van der Waals surface area (Å²) in [5.41, 5.74) is 0.796. The predicted molar refractivity (Wildman–Crippen MR) is 118 cm³/mol. The lowest BCUT2D eigenvalue weighted by atomic mass is 9.98. The van der Waals surface area contributed by atoms with Crippen molar-refractivity contribution < 1.29 is 23.5 Å². The lowest BCUT2D eigenvalue weighted by molar-refractivity contribution is 0.0697. The first kappa shape index (κ1) is 21.3. The van der Waals surface area contributed by atoms with E-state index in [2.05, 4.69) is 20.6 Å². The van der Waals surface area contributed by atoms with Crippen LogP contribution in [0.1, 0.15) is 17.3 Å². The number of benzene rings is 2. The maximum absolute atomic E-state index is 15.5. The van der Waals surface area contributed by atoms with E-state index in [1.54, 1.807) is 6.92 Å². The van der Waals surface area contributed by atoms with E-state index in [0.29, 0.717) is 22.4 Å². The van der Waals surface area contributed by atoms with Crippen molar-refractivity contribution in [2.45, 2.75) is 6.92 Å². The number of halogens is 2. The minimum Gasteiger partial charge on any atom is -0.478 e. The van der Waals surface area contributed by atoms with Gasteiger partial charge in [-0.2, -0.15) is 0 Å². The SMILES string of the molecule is CCNC(=O)Nc1nc2c(F)c(-c3ccc(C(=O)O)cc3)cc(-c3ncccc3F)c2s1. The molecule has 0 aliphatic heterocycles. The number of hydrogen-bond donors (Lipinski definition) is 3. The van der Waals surface area contributed by atoms with Gasteiger partial charge in [-0.3, -0.25) is 10.3 Å². The Morgan fingerprint density at radius 3 is 2.53 bits per heavy atom. The molecule has 2 heterocycles. The van der Waals surface area contributed by atoms with Crippen molar-refractivity contribution in [2.24, 2.45) is 0 Å². The lowest BCUT2D eigenvalue weighted by Gasteiger charge is -2.10. The number of fused-ring (bicyclic) bond motifs is 1. The third kappa shape index (κ3) is 4.00. The van der Waals surface area contributed by atoms with Gasteiger partial charge in [0.2, 0.25) is 0 Å². The molecule has 2 amide bonds. The second-order valence-electron chi connectivity index (χ2n) is 6.68. The Kier molecular flexibility index (Phi) is 5.78. The Morgan fingerprint density at radius 1 is 1.12 bits per heavy atom. The summed E-state index contributed by atoms with van der Waals surface area (Å²) in [6.45, 7) is 2.15. The first-order chi connectivity index (χ1) is 15.4. The van der Waals surface area contributed by atoms with Gasteiger partial charge in [0.1, 0.15) is 17.0 Å². The van der Waals surface area contributed by atoms with E-state index in [9.17, 15) is 14.0 Å². The van der Waals surface area contributed by atoms with Gasteiger partial charge in [0, 0.05) is 23.9 Å². The standard InChI is InChI=1S/C22H16F2N4O3S/c1-2-25-21(31)28-22-27-18-16(24)13(11-5-7-12(8-6-11)20(29)30)10-14(19(18)32-22)17-15(23)4-3-9-26-17/h3-10H,2H2,1H3,(H,29,30)(H2,25,27,28,31). The number of pyridine rings is 1. The number of aromatic carboxylic acids is 1. The second-order valence-corrected chi connectivity index (χ2v) is 7.68. The fourth-order valence-corrected chi connectivity index (χ4v) is 4.14. The van der Waals surface area contributed by atoms with Crippen LogP contribution in [0.2, 0.25) is 0 Å². The number of nitrogens with zero attached hydrogens (tertiary/aromatic N) is 2. The van der Waals surface area contributed by atoms with Crippen LogP contribution in [0.5, 0.6) is 0 Å². The number of nitrogens with one attached hydrogen (secondary N) is 2. The number of thiazole rings is 1. The zero-order chi connectivity index (χ0) is 22.8. The molecule has 2 aromatic carbocycles. The molecular formula is C22H16F2N4O3S. The molecule has 32 heavy (non-hydrogen) atoms. The number of carboxylic acids is 1. The summed E-state index contributed by atoms with van der Waals surface area (Å²) in [5.74, 6) is -2.38. The van der Waals surface area contributed by atoms with Crippen LogP contribution in [0.25, 0.3) is 32.6 Å². The highest BCUT2D eigenvalue weighted by Gasteiger charge is 2.22. The molecule has 3 N–H and O–H groups in total. The van der Waals surface area contributed by atoms with Crippen molar-refractivity contribution in [1.29, 1.82) is 0 Å². The summed E-state index contributed by atoms with van der Waals surface area (Å²) in [7, 11) is 0. The van der Waals surface area contributed by atoms with Gasteiger partial charge >= 0.3 is 12.0 Å². The molecule has 0 unspecified atom stereocenters. The normalized spacial score (nSPS) is 10.8. The van der Waals surface area contributed by atoms with Crippen LogP contribution < -0.4 is 10.6 Å². The summed E-state index contributed by atoms with van der Waals surface area (Å²) < 4.78 is 30.4. The number of carboxylic acid groups (broad SMARTS) is 1. The molecular weight excluding hydrogens is 438 g/mol. The maximum Gasteiger partial charge on any atom is 0.335 e. The van der Waals surface area contributed by atoms with Crippen LogP contribution in [-0.2, 0) is 0 Å². The first-order valence-electron chi connectivity index (χ1n) is 9.51. The third-order valence-corrected chi connectivity index (χ3v) is 5.62. The number of hydrogen-bond acceptors (Lipinski definition) is 5. The number of carbonyl (C=O) groups is 2. The summed E-state index contributed by atoms with van der Waals surface area (Å²) in [6, 6.07) is 9.28. The van der Waals surface area contributed by atoms with Gasteiger partial charge in [-0.1, -0.05) is 23.5 Å². The molecule has 4 rings (SSSR count). The van der Waals surface area contributed by atoms with E-state index in [1.807, 2.05) is 0 Å². The highest BCUT2D eigenvalue weighted by molar-refractivity contribution is 7.22. The topological polar surface area (TPSA) is 104 Å². The van der Waals surface area contributed by atoms with E-state index >= 15 is 4.39 Å². The molecule has 0 radical (unpaired) electrons. The van der Waals surface area contributed by atoms with Crippen LogP contribution in [0, 0.1) is 11.6 Å². The molecule has 2 aromatic heterocycles. The summed E-state index contributed by atoms with van der Waals surface area (Å²) in [6.07, 6.45) is 1.42. The molecule has 4 aromatic rings. The molecule has 0 bridgehead atoms. The maximum atomic E-state index is 15.5. The van der Waals surface area contributed by atoms with Crippen LogP contribution in [-0.4, -0.2) is 33.6 Å². The summed E-state index contributed by atoms with van der Waals surface area (Å²) >= 11 is 0.999. The molecule has 0 atom stereocenters. The molecule has 10 heteroatoms. The zero-order valence-electron chi connectivity index (χ0n) is 16.6. The van der Waals surface area contributed by atoms with Crippen molar-refractivity contribution >= 4 is 38.7 Å². The number of aromatic nitrogens is 2. The monoisotopic (exact) mass is 454 g/mol. The van der Waals surface area contributed by atoms with Gasteiger partial charge < -0.3 is 10.4 Å². The zero-order valence-corrected chi connectivity index (χ0v) is 17.5. The van der Waals surface area contributed by atoms with Gasteiger partial charge in [-0.15, -0.1) is 0 Å². The molecule has 0 fully saturated rings. The largest absolute Gasteiger partial charge is 0.478 e. The third-order valence-electron chi connectivity index (χ3n) is 4.62. The predicted octanol–water partition coefficient (Wildman–Crippen LogP) is 5.14. The van der Waals surface area contributed by atoms with Crippen LogP contribution in [0.3, 0.4) is 0 Å². The summed E-state index contributed by atoms with van der Waals surface area (Å²) in [4.78, 5) is 31.3. The Hall–Kier alpha value is -3.92. The van der Waals surface area contributed by atoms with E-state index < -0.39 is 23.6 Å². The van der Waals surface area contributed by atoms with Crippen LogP contribution in [0.15, 0.2) is 48.7 Å². The first-order valence-corrected chi connectivity index (χ1v) is 10.3. The average Bonchev–Trinajstić information content (AvgIpc) is 3.19. The van der Waals surface area contributed by atoms with Crippen molar-refractivity contribution in [2.75, 3.05) is 11.9 Å². The Labute approximate surface area is 184 Å². The smallest absolute Gasteiger partial charge is 0.335 e. The Morgan fingerprint density at radius 2 is 1.88 bits per heavy atom. The van der Waals surface area contributed by atoms with E-state index in [0.717, 1.165) is 11.3 Å². The van der Waals surface area contributed by atoms with Gasteiger partial charge in [0.25, 0.3) is 0 Å². The Balaban J connectivity index is 1.93. The molecule has 0 saturated heterocycles. The average molecular weight is 454 g/mol. The summed E-state index contributed by atoms with van der Waals surface area (Å²) in [5, 5.41) is 14.4. The van der Waals surface area contributed by atoms with Gasteiger partial charge in [0.05, 0.1) is 10.3 Å². The van der Waals surface area contributed by atoms with Crippen LogP contribution in [0.4, 0.5) is 18.7 Å². The van der Waals surface area contributed by atoms with E-state index in [4.69, 9.17) is 5.11 Å². The highest BCUT2D eigenvalue weighted by Crippen LogP contribution is 2.41. The van der Waals surface area contributed by atoms with Crippen molar-refractivity contribution in [1.82, 2.24) is 15.3 Å². The lowest BCUT2D eigenvalue weighted by Crippen LogP contribution is -2.28. The molecule has 0 spiro atoms. The highest BCUT2D eigenvalue weighted by atomic mass is 32.1. The Bertz CT molecular complexity index is 1340. The quantitative estimate of drug-likeness (QED) is 0.387.